The number of nitro groups is 1. The molecule has 2 aliphatic rings. The highest BCUT2D eigenvalue weighted by molar-refractivity contribution is 5.77. The minimum Gasteiger partial charge on any atom is -0.391 e. The number of aliphatic hydroxyl groups is 1. The smallest absolute Gasteiger partial charge is 0.317 e. The molecule has 21 heavy (non-hydrogen) atoms. The Balaban J connectivity index is 1.81. The molecule has 0 bridgehead atoms. The number of rotatable bonds is 3. The predicted octanol–water partition coefficient (Wildman–Crippen LogP) is 0.301. The molecule has 1 aromatic carbocycles. The summed E-state index contributed by atoms with van der Waals surface area (Å²) >= 11 is 0. The molecule has 8 heteroatoms. The van der Waals surface area contributed by atoms with Gasteiger partial charge in [-0.25, -0.2) is 4.79 Å². The van der Waals surface area contributed by atoms with Crippen LogP contribution in [0.25, 0.3) is 0 Å². The van der Waals surface area contributed by atoms with E-state index in [9.17, 15) is 20.0 Å². The summed E-state index contributed by atoms with van der Waals surface area (Å²) in [6.45, 7) is 2.23. The number of carbonyl (C=O) groups excluding carboxylic acids is 1. The molecule has 2 amide bonds. The Labute approximate surface area is 121 Å². The van der Waals surface area contributed by atoms with Gasteiger partial charge >= 0.3 is 6.03 Å². The number of nitro benzene ring substituents is 1. The molecule has 0 radical (unpaired) electrons. The van der Waals surface area contributed by atoms with E-state index in [-0.39, 0.29) is 24.4 Å². The van der Waals surface area contributed by atoms with E-state index in [1.54, 1.807) is 12.1 Å². The number of nitrogens with one attached hydrogen (secondary N) is 1. The topological polar surface area (TPSA) is 99.0 Å². The molecule has 1 unspecified atom stereocenters. The third kappa shape index (κ3) is 2.38. The van der Waals surface area contributed by atoms with Crippen LogP contribution in [0.2, 0.25) is 0 Å². The van der Waals surface area contributed by atoms with E-state index in [2.05, 4.69) is 10.2 Å². The molecule has 0 saturated carbocycles. The summed E-state index contributed by atoms with van der Waals surface area (Å²) in [6.07, 6.45) is 0. The fourth-order valence-electron chi connectivity index (χ4n) is 2.91. The van der Waals surface area contributed by atoms with Gasteiger partial charge in [0.25, 0.3) is 5.69 Å². The lowest BCUT2D eigenvalue weighted by atomic mass is 10.1. The zero-order valence-corrected chi connectivity index (χ0v) is 11.4. The SMILES string of the molecule is O=C1NCC2CN(c3ccc([N+](=O)[O-])c(CO)c3)CCN12. The Kier molecular flexibility index (Phi) is 3.38. The molecule has 0 spiro atoms. The first kappa shape index (κ1) is 13.6. The highest BCUT2D eigenvalue weighted by atomic mass is 16.6. The third-order valence-corrected chi connectivity index (χ3v) is 4.03. The average molecular weight is 292 g/mol. The molecule has 0 aliphatic carbocycles. The molecule has 2 N–H and O–H groups in total. The van der Waals surface area contributed by atoms with Crippen LogP contribution in [-0.4, -0.2) is 53.2 Å². The Morgan fingerprint density at radius 2 is 2.24 bits per heavy atom. The number of anilines is 1. The van der Waals surface area contributed by atoms with Gasteiger partial charge in [0.05, 0.1) is 23.1 Å². The normalized spacial score (nSPS) is 21.2. The fraction of sp³-hybridized carbons (Fsp3) is 0.462. The van der Waals surface area contributed by atoms with Gasteiger partial charge in [0, 0.05) is 37.9 Å². The summed E-state index contributed by atoms with van der Waals surface area (Å²) in [4.78, 5) is 25.9. The van der Waals surface area contributed by atoms with Gasteiger partial charge in [0.1, 0.15) is 0 Å². The minimum absolute atomic E-state index is 0.0283. The van der Waals surface area contributed by atoms with Crippen LogP contribution in [0, 0.1) is 10.1 Å². The van der Waals surface area contributed by atoms with Gasteiger partial charge in [0.15, 0.2) is 0 Å². The monoisotopic (exact) mass is 292 g/mol. The second-order valence-electron chi connectivity index (χ2n) is 5.21. The van der Waals surface area contributed by atoms with Gasteiger partial charge in [-0.05, 0) is 12.1 Å². The molecule has 1 atom stereocenters. The maximum Gasteiger partial charge on any atom is 0.317 e. The Morgan fingerprint density at radius 1 is 1.43 bits per heavy atom. The summed E-state index contributed by atoms with van der Waals surface area (Å²) in [5.74, 6) is 0. The van der Waals surface area contributed by atoms with Crippen molar-refractivity contribution in [2.45, 2.75) is 12.6 Å². The average Bonchev–Trinajstić information content (AvgIpc) is 2.87. The Bertz CT molecular complexity index is 592. The summed E-state index contributed by atoms with van der Waals surface area (Å²) < 4.78 is 0. The van der Waals surface area contributed by atoms with Crippen molar-refractivity contribution in [3.8, 4) is 0 Å². The number of hydrogen-bond acceptors (Lipinski definition) is 5. The highest BCUT2D eigenvalue weighted by Crippen LogP contribution is 2.27. The Hall–Kier alpha value is -2.35. The summed E-state index contributed by atoms with van der Waals surface area (Å²) in [7, 11) is 0. The first-order valence-electron chi connectivity index (χ1n) is 6.77. The van der Waals surface area contributed by atoms with Crippen LogP contribution >= 0.6 is 0 Å². The second-order valence-corrected chi connectivity index (χ2v) is 5.21. The third-order valence-electron chi connectivity index (χ3n) is 4.03. The number of hydrogen-bond donors (Lipinski definition) is 2. The van der Waals surface area contributed by atoms with Crippen LogP contribution in [0.15, 0.2) is 18.2 Å². The van der Waals surface area contributed by atoms with Gasteiger partial charge in [-0.1, -0.05) is 0 Å². The number of amides is 2. The molecular weight excluding hydrogens is 276 g/mol. The van der Waals surface area contributed by atoms with Crippen molar-refractivity contribution >= 4 is 17.4 Å². The number of aliphatic hydroxyl groups excluding tert-OH is 1. The van der Waals surface area contributed by atoms with E-state index in [1.165, 1.54) is 6.07 Å². The van der Waals surface area contributed by atoms with Crippen LogP contribution in [0.3, 0.4) is 0 Å². The molecule has 2 fully saturated rings. The molecule has 2 heterocycles. The van der Waals surface area contributed by atoms with E-state index in [0.717, 1.165) is 5.69 Å². The first-order valence-corrected chi connectivity index (χ1v) is 6.77. The zero-order chi connectivity index (χ0) is 15.0. The van der Waals surface area contributed by atoms with Crippen molar-refractivity contribution < 1.29 is 14.8 Å². The predicted molar refractivity (Wildman–Crippen MR) is 75.1 cm³/mol. The quantitative estimate of drug-likeness (QED) is 0.616. The molecule has 2 aliphatic heterocycles. The van der Waals surface area contributed by atoms with Crippen molar-refractivity contribution in [2.75, 3.05) is 31.1 Å². The molecule has 112 valence electrons. The van der Waals surface area contributed by atoms with E-state index in [0.29, 0.717) is 31.7 Å². The summed E-state index contributed by atoms with van der Waals surface area (Å²) in [5.41, 5.74) is 1.07. The van der Waals surface area contributed by atoms with E-state index < -0.39 is 4.92 Å². The lowest BCUT2D eigenvalue weighted by Gasteiger charge is -2.37. The van der Waals surface area contributed by atoms with E-state index in [1.807, 2.05) is 4.90 Å². The van der Waals surface area contributed by atoms with E-state index >= 15 is 0 Å². The maximum atomic E-state index is 11.6. The van der Waals surface area contributed by atoms with Crippen molar-refractivity contribution in [1.82, 2.24) is 10.2 Å². The first-order chi connectivity index (χ1) is 10.1. The largest absolute Gasteiger partial charge is 0.391 e. The van der Waals surface area contributed by atoms with Crippen LogP contribution < -0.4 is 10.2 Å². The van der Waals surface area contributed by atoms with Crippen LogP contribution in [0.5, 0.6) is 0 Å². The van der Waals surface area contributed by atoms with E-state index in [4.69, 9.17) is 0 Å². The molecule has 8 nitrogen and oxygen atoms in total. The van der Waals surface area contributed by atoms with Crippen molar-refractivity contribution in [1.29, 1.82) is 0 Å². The number of piperazine rings is 1. The lowest BCUT2D eigenvalue weighted by Crippen LogP contribution is -2.52. The molecule has 0 aromatic heterocycles. The van der Waals surface area contributed by atoms with Crippen molar-refractivity contribution in [2.24, 2.45) is 0 Å². The summed E-state index contributed by atoms with van der Waals surface area (Å²) in [6, 6.07) is 4.86. The highest BCUT2D eigenvalue weighted by Gasteiger charge is 2.35. The number of carbonyl (C=O) groups is 1. The lowest BCUT2D eigenvalue weighted by molar-refractivity contribution is -0.385. The van der Waals surface area contributed by atoms with Gasteiger partial charge < -0.3 is 20.2 Å². The summed E-state index contributed by atoms with van der Waals surface area (Å²) in [5, 5.41) is 23.0. The van der Waals surface area contributed by atoms with Crippen LogP contribution in [0.4, 0.5) is 16.2 Å². The van der Waals surface area contributed by atoms with Gasteiger partial charge in [0.2, 0.25) is 0 Å². The Morgan fingerprint density at radius 3 is 2.95 bits per heavy atom. The molecule has 2 saturated heterocycles. The zero-order valence-electron chi connectivity index (χ0n) is 11.4. The minimum atomic E-state index is -0.493. The van der Waals surface area contributed by atoms with Crippen molar-refractivity contribution in [3.05, 3.63) is 33.9 Å². The maximum absolute atomic E-state index is 11.6. The standard InChI is InChI=1S/C13H16N4O4/c18-8-9-5-10(1-2-12(9)17(20)21)15-3-4-16-11(7-15)6-14-13(16)19/h1-2,5,11,18H,3-4,6-8H2,(H,14,19). The number of nitrogens with zero attached hydrogens (tertiary/aromatic N) is 3. The molecule has 1 aromatic rings. The number of fused-ring (bicyclic) bond motifs is 1. The van der Waals surface area contributed by atoms with Crippen molar-refractivity contribution in [3.63, 3.8) is 0 Å². The van der Waals surface area contributed by atoms with Crippen LogP contribution in [-0.2, 0) is 6.61 Å². The molecular formula is C13H16N4O4. The van der Waals surface area contributed by atoms with Gasteiger partial charge in [-0.2, -0.15) is 0 Å². The fourth-order valence-corrected chi connectivity index (χ4v) is 2.91. The van der Waals surface area contributed by atoms with Gasteiger partial charge in [-0.15, -0.1) is 0 Å². The number of benzene rings is 1. The van der Waals surface area contributed by atoms with Gasteiger partial charge in [-0.3, -0.25) is 10.1 Å². The number of urea groups is 1. The molecule has 3 rings (SSSR count). The second kappa shape index (κ2) is 5.21. The van der Waals surface area contributed by atoms with Crippen LogP contribution in [0.1, 0.15) is 5.56 Å².